The van der Waals surface area contributed by atoms with Gasteiger partial charge in [-0.3, -0.25) is 4.79 Å². The Hall–Kier alpha value is -1.58. The van der Waals surface area contributed by atoms with Crippen molar-refractivity contribution in [3.63, 3.8) is 0 Å². The summed E-state index contributed by atoms with van der Waals surface area (Å²) in [4.78, 5) is 18.5. The monoisotopic (exact) mass is 476 g/mol. The van der Waals surface area contributed by atoms with E-state index in [1.54, 1.807) is 6.07 Å². The van der Waals surface area contributed by atoms with Crippen molar-refractivity contribution >= 4 is 35.8 Å². The van der Waals surface area contributed by atoms with Crippen molar-refractivity contribution in [2.24, 2.45) is 10.4 Å². The molecule has 1 aromatic rings. The maximum absolute atomic E-state index is 13.5. The van der Waals surface area contributed by atoms with Crippen LogP contribution in [-0.2, 0) is 11.3 Å². The summed E-state index contributed by atoms with van der Waals surface area (Å²) in [7, 11) is 0. The minimum Gasteiger partial charge on any atom is -0.505 e. The van der Waals surface area contributed by atoms with E-state index in [1.165, 1.54) is 12.1 Å². The molecule has 2 fully saturated rings. The van der Waals surface area contributed by atoms with Crippen molar-refractivity contribution in [3.05, 3.63) is 29.6 Å². The van der Waals surface area contributed by atoms with E-state index in [-0.39, 0.29) is 41.0 Å². The van der Waals surface area contributed by atoms with Crippen molar-refractivity contribution < 1.29 is 14.3 Å². The van der Waals surface area contributed by atoms with E-state index in [4.69, 9.17) is 0 Å². The van der Waals surface area contributed by atoms with Crippen LogP contribution in [0.5, 0.6) is 5.75 Å². The second-order valence-electron chi connectivity index (χ2n) is 6.93. The first-order valence-corrected chi connectivity index (χ1v) is 8.79. The van der Waals surface area contributed by atoms with Gasteiger partial charge in [0, 0.05) is 38.0 Å². The molecule has 3 N–H and O–H groups in total. The van der Waals surface area contributed by atoms with Crippen LogP contribution in [0.15, 0.2) is 23.2 Å². The highest BCUT2D eigenvalue weighted by Gasteiger charge is 2.42. The first-order valence-electron chi connectivity index (χ1n) is 8.79. The van der Waals surface area contributed by atoms with Gasteiger partial charge >= 0.3 is 0 Å². The zero-order valence-electron chi connectivity index (χ0n) is 14.9. The fourth-order valence-corrected chi connectivity index (χ4v) is 3.67. The van der Waals surface area contributed by atoms with E-state index in [1.807, 2.05) is 6.92 Å². The fraction of sp³-hybridized carbons (Fsp3) is 0.556. The quantitative estimate of drug-likeness (QED) is 0.356. The van der Waals surface area contributed by atoms with Crippen molar-refractivity contribution in [1.29, 1.82) is 0 Å². The van der Waals surface area contributed by atoms with E-state index < -0.39 is 5.82 Å². The van der Waals surface area contributed by atoms with Crippen LogP contribution < -0.4 is 10.6 Å². The number of hydrogen-bond acceptors (Lipinski definition) is 3. The SMILES string of the molecule is CCNC(=NCc1ccc(O)c(F)c1)N1CCCC2(CNC(=O)C2)C1.I. The Morgan fingerprint density at radius 1 is 1.50 bits per heavy atom. The van der Waals surface area contributed by atoms with Gasteiger partial charge in [-0.05, 0) is 37.5 Å². The highest BCUT2D eigenvalue weighted by Crippen LogP contribution is 2.36. The van der Waals surface area contributed by atoms with Crippen LogP contribution in [0.4, 0.5) is 4.39 Å². The Morgan fingerprint density at radius 3 is 2.96 bits per heavy atom. The smallest absolute Gasteiger partial charge is 0.220 e. The first-order chi connectivity index (χ1) is 12.0. The maximum Gasteiger partial charge on any atom is 0.220 e. The van der Waals surface area contributed by atoms with Gasteiger partial charge in [-0.15, -0.1) is 24.0 Å². The van der Waals surface area contributed by atoms with Gasteiger partial charge in [0.1, 0.15) is 0 Å². The number of nitrogens with zero attached hydrogens (tertiary/aromatic N) is 2. The molecule has 144 valence electrons. The van der Waals surface area contributed by atoms with E-state index in [0.29, 0.717) is 18.5 Å². The van der Waals surface area contributed by atoms with E-state index in [0.717, 1.165) is 45.0 Å². The third kappa shape index (κ3) is 4.77. The summed E-state index contributed by atoms with van der Waals surface area (Å²) in [5.41, 5.74) is 0.700. The maximum atomic E-state index is 13.5. The summed E-state index contributed by atoms with van der Waals surface area (Å²) in [6, 6.07) is 4.32. The summed E-state index contributed by atoms with van der Waals surface area (Å²) in [5, 5.41) is 15.5. The number of carbonyl (C=O) groups excluding carboxylic acids is 1. The van der Waals surface area contributed by atoms with Gasteiger partial charge < -0.3 is 20.6 Å². The van der Waals surface area contributed by atoms with Crippen LogP contribution in [0.3, 0.4) is 0 Å². The van der Waals surface area contributed by atoms with E-state index in [2.05, 4.69) is 20.5 Å². The zero-order chi connectivity index (χ0) is 17.9. The number of rotatable bonds is 3. The Bertz CT molecular complexity index is 685. The standard InChI is InChI=1S/C18H25FN4O2.HI/c1-2-20-17(21-10-13-4-5-15(24)14(19)8-13)23-7-3-6-18(12-23)9-16(25)22-11-18;/h4-5,8,24H,2-3,6-7,9-12H2,1H3,(H,20,21)(H,22,25);1H. The van der Waals surface area contributed by atoms with Crippen LogP contribution in [0.25, 0.3) is 0 Å². The molecule has 2 saturated heterocycles. The predicted octanol–water partition coefficient (Wildman–Crippen LogP) is 2.22. The molecule has 0 radical (unpaired) electrons. The molecule has 1 amide bonds. The molecule has 2 aliphatic rings. The number of nitrogens with one attached hydrogen (secondary N) is 2. The van der Waals surface area contributed by atoms with Crippen molar-refractivity contribution in [2.75, 3.05) is 26.2 Å². The van der Waals surface area contributed by atoms with Gasteiger partial charge in [0.15, 0.2) is 17.5 Å². The lowest BCUT2D eigenvalue weighted by Gasteiger charge is -2.40. The molecule has 1 atom stereocenters. The molecule has 2 aliphatic heterocycles. The minimum atomic E-state index is -0.634. The number of aromatic hydroxyl groups is 1. The molecule has 0 aliphatic carbocycles. The average Bonchev–Trinajstić information content (AvgIpc) is 2.94. The highest BCUT2D eigenvalue weighted by atomic mass is 127. The van der Waals surface area contributed by atoms with Crippen LogP contribution >= 0.6 is 24.0 Å². The van der Waals surface area contributed by atoms with Crippen LogP contribution in [-0.4, -0.2) is 48.1 Å². The first kappa shape index (κ1) is 20.7. The Kier molecular flexibility index (Phi) is 7.08. The molecule has 6 nitrogen and oxygen atoms in total. The Balaban J connectivity index is 0.00000243. The van der Waals surface area contributed by atoms with Gasteiger partial charge in [0.2, 0.25) is 5.91 Å². The second-order valence-corrected chi connectivity index (χ2v) is 6.93. The minimum absolute atomic E-state index is 0. The number of hydrogen-bond donors (Lipinski definition) is 3. The molecular formula is C18H26FIN4O2. The number of halogens is 2. The highest BCUT2D eigenvalue weighted by molar-refractivity contribution is 14.0. The lowest BCUT2D eigenvalue weighted by molar-refractivity contribution is -0.119. The third-order valence-corrected chi connectivity index (χ3v) is 4.92. The molecule has 0 saturated carbocycles. The molecule has 1 spiro atoms. The number of aliphatic imine (C=N–C) groups is 1. The third-order valence-electron chi connectivity index (χ3n) is 4.92. The molecule has 3 rings (SSSR count). The molecule has 8 heteroatoms. The number of carbonyl (C=O) groups is 1. The van der Waals surface area contributed by atoms with Crippen molar-refractivity contribution in [3.8, 4) is 5.75 Å². The number of phenolic OH excluding ortho intramolecular Hbond substituents is 1. The van der Waals surface area contributed by atoms with Gasteiger partial charge in [-0.1, -0.05) is 6.07 Å². The van der Waals surface area contributed by atoms with Crippen molar-refractivity contribution in [2.45, 2.75) is 32.7 Å². The number of amides is 1. The molecular weight excluding hydrogens is 450 g/mol. The van der Waals surface area contributed by atoms with Crippen LogP contribution in [0.1, 0.15) is 31.7 Å². The molecule has 0 aromatic heterocycles. The largest absolute Gasteiger partial charge is 0.505 e. The lowest BCUT2D eigenvalue weighted by Crippen LogP contribution is -2.51. The molecule has 2 heterocycles. The van der Waals surface area contributed by atoms with Crippen LogP contribution in [0.2, 0.25) is 0 Å². The number of guanidine groups is 1. The van der Waals surface area contributed by atoms with Crippen molar-refractivity contribution in [1.82, 2.24) is 15.5 Å². The predicted molar refractivity (Wildman–Crippen MR) is 109 cm³/mol. The molecule has 0 bridgehead atoms. The van der Waals surface area contributed by atoms with E-state index in [9.17, 15) is 14.3 Å². The number of phenols is 1. The summed E-state index contributed by atoms with van der Waals surface area (Å²) in [6.45, 7) is 5.50. The zero-order valence-corrected chi connectivity index (χ0v) is 17.3. The normalized spacial score (nSPS) is 22.9. The Morgan fingerprint density at radius 2 is 2.31 bits per heavy atom. The molecule has 1 unspecified atom stereocenters. The summed E-state index contributed by atoms with van der Waals surface area (Å²) >= 11 is 0. The van der Waals surface area contributed by atoms with Crippen LogP contribution in [0, 0.1) is 11.2 Å². The summed E-state index contributed by atoms with van der Waals surface area (Å²) in [5.74, 6) is -0.0704. The topological polar surface area (TPSA) is 77.0 Å². The summed E-state index contributed by atoms with van der Waals surface area (Å²) < 4.78 is 13.5. The van der Waals surface area contributed by atoms with Gasteiger partial charge in [0.25, 0.3) is 0 Å². The number of likely N-dealkylation sites (tertiary alicyclic amines) is 1. The molecule has 26 heavy (non-hydrogen) atoms. The second kappa shape index (κ2) is 8.88. The number of piperidine rings is 1. The lowest BCUT2D eigenvalue weighted by atomic mass is 9.79. The summed E-state index contributed by atoms with van der Waals surface area (Å²) in [6.07, 6.45) is 2.64. The molecule has 1 aromatic carbocycles. The van der Waals surface area contributed by atoms with E-state index >= 15 is 0 Å². The number of benzene rings is 1. The average molecular weight is 476 g/mol. The fourth-order valence-electron chi connectivity index (χ4n) is 3.67. The Labute approximate surface area is 170 Å². The van der Waals surface area contributed by atoms with Gasteiger partial charge in [0.05, 0.1) is 6.54 Å². The van der Waals surface area contributed by atoms with Gasteiger partial charge in [-0.25, -0.2) is 9.38 Å². The van der Waals surface area contributed by atoms with Gasteiger partial charge in [-0.2, -0.15) is 0 Å².